The minimum atomic E-state index is 0.640. The Morgan fingerprint density at radius 3 is 1.54 bits per heavy atom. The highest BCUT2D eigenvalue weighted by molar-refractivity contribution is 6.21. The number of benzene rings is 7. The molecule has 0 saturated carbocycles. The maximum atomic E-state index is 6.04. The summed E-state index contributed by atoms with van der Waals surface area (Å²) < 4.78 is 6.04. The van der Waals surface area contributed by atoms with Gasteiger partial charge in [0.05, 0.1) is 0 Å². The normalized spacial score (nSPS) is 11.4. The molecule has 1 aromatic heterocycles. The van der Waals surface area contributed by atoms with E-state index < -0.39 is 0 Å². The molecule has 0 aliphatic heterocycles. The first-order chi connectivity index (χ1) is 20.3. The number of para-hydroxylation sites is 2. The van der Waals surface area contributed by atoms with Gasteiger partial charge in [-0.05, 0) is 85.3 Å². The molecule has 0 aliphatic rings. The van der Waals surface area contributed by atoms with Crippen molar-refractivity contribution in [1.82, 2.24) is 4.98 Å². The number of aromatic nitrogens is 1. The third kappa shape index (κ3) is 4.00. The van der Waals surface area contributed by atoms with Crippen LogP contribution in [0.2, 0.25) is 0 Å². The summed E-state index contributed by atoms with van der Waals surface area (Å²) in [6.45, 7) is 0. The predicted molar refractivity (Wildman–Crippen MR) is 171 cm³/mol. The van der Waals surface area contributed by atoms with Gasteiger partial charge in [-0.25, -0.2) is 4.98 Å². The van der Waals surface area contributed by atoms with Crippen molar-refractivity contribution in [3.8, 4) is 44.8 Å². The Morgan fingerprint density at radius 1 is 0.366 bits per heavy atom. The first-order valence-electron chi connectivity index (χ1n) is 13.9. The molecule has 0 radical (unpaired) electrons. The van der Waals surface area contributed by atoms with E-state index in [1.807, 2.05) is 24.3 Å². The Balaban J connectivity index is 1.32. The Labute approximate surface area is 238 Å². The van der Waals surface area contributed by atoms with Gasteiger partial charge in [-0.1, -0.05) is 121 Å². The Morgan fingerprint density at radius 2 is 0.878 bits per heavy atom. The predicted octanol–water partition coefficient (Wildman–Crippen LogP) is 10.8. The average Bonchev–Trinajstić information content (AvgIpc) is 3.49. The molecule has 41 heavy (non-hydrogen) atoms. The van der Waals surface area contributed by atoms with Crippen LogP contribution in [0.5, 0.6) is 0 Å². The highest BCUT2D eigenvalue weighted by Gasteiger charge is 2.17. The van der Waals surface area contributed by atoms with Gasteiger partial charge in [0.2, 0.25) is 5.89 Å². The third-order valence-electron chi connectivity index (χ3n) is 7.90. The summed E-state index contributed by atoms with van der Waals surface area (Å²) in [6, 6.07) is 53.5. The fourth-order valence-electron chi connectivity index (χ4n) is 6.01. The molecule has 0 saturated heterocycles. The molecule has 0 bridgehead atoms. The Kier molecular flexibility index (Phi) is 5.49. The molecule has 0 N–H and O–H groups in total. The van der Waals surface area contributed by atoms with Crippen molar-refractivity contribution in [2.75, 3.05) is 0 Å². The van der Waals surface area contributed by atoms with Gasteiger partial charge in [0.1, 0.15) is 5.52 Å². The van der Waals surface area contributed by atoms with Crippen LogP contribution in [0.15, 0.2) is 156 Å². The van der Waals surface area contributed by atoms with Crippen molar-refractivity contribution in [1.29, 1.82) is 0 Å². The second-order valence-corrected chi connectivity index (χ2v) is 10.4. The summed E-state index contributed by atoms with van der Waals surface area (Å²) in [5.41, 5.74) is 9.97. The quantitative estimate of drug-likeness (QED) is 0.214. The van der Waals surface area contributed by atoms with Crippen molar-refractivity contribution >= 4 is 32.6 Å². The largest absolute Gasteiger partial charge is 0.436 e. The van der Waals surface area contributed by atoms with Gasteiger partial charge in [-0.3, -0.25) is 0 Å². The van der Waals surface area contributed by atoms with Crippen LogP contribution >= 0.6 is 0 Å². The molecule has 0 unspecified atom stereocenters. The molecule has 7 aromatic carbocycles. The number of fused-ring (bicyclic) bond motifs is 3. The zero-order chi connectivity index (χ0) is 27.2. The molecule has 8 aromatic rings. The Hall–Kier alpha value is -5.47. The lowest BCUT2D eigenvalue weighted by Crippen LogP contribution is -1.91. The zero-order valence-electron chi connectivity index (χ0n) is 22.3. The van der Waals surface area contributed by atoms with Gasteiger partial charge in [0.25, 0.3) is 0 Å². The van der Waals surface area contributed by atoms with Crippen molar-refractivity contribution < 1.29 is 4.42 Å². The SMILES string of the molecule is c1ccc(-c2cccc(-c3c4ccccc4c(-c4ccc(-c5nc6ccccc6o5)cc4)c4ccccc34)c2)cc1. The molecule has 192 valence electrons. The van der Waals surface area contributed by atoms with E-state index in [-0.39, 0.29) is 0 Å². The van der Waals surface area contributed by atoms with E-state index in [1.54, 1.807) is 0 Å². The lowest BCUT2D eigenvalue weighted by molar-refractivity contribution is 0.620. The molecule has 0 aliphatic carbocycles. The second kappa shape index (κ2) is 9.62. The summed E-state index contributed by atoms with van der Waals surface area (Å²) in [6.07, 6.45) is 0. The van der Waals surface area contributed by atoms with Crippen LogP contribution in [0, 0.1) is 0 Å². The van der Waals surface area contributed by atoms with Crippen LogP contribution < -0.4 is 0 Å². The van der Waals surface area contributed by atoms with Crippen molar-refractivity contribution in [3.05, 3.63) is 152 Å². The van der Waals surface area contributed by atoms with E-state index >= 15 is 0 Å². The molecular formula is C39H25NO. The number of nitrogens with zero attached hydrogens (tertiary/aromatic N) is 1. The lowest BCUT2D eigenvalue weighted by atomic mass is 9.85. The highest BCUT2D eigenvalue weighted by Crippen LogP contribution is 2.44. The smallest absolute Gasteiger partial charge is 0.227 e. The molecule has 2 nitrogen and oxygen atoms in total. The van der Waals surface area contributed by atoms with E-state index in [0.717, 1.165) is 16.7 Å². The van der Waals surface area contributed by atoms with E-state index in [2.05, 4.69) is 127 Å². The molecular weight excluding hydrogens is 498 g/mol. The van der Waals surface area contributed by atoms with Gasteiger partial charge in [0, 0.05) is 5.56 Å². The first kappa shape index (κ1) is 23.4. The lowest BCUT2D eigenvalue weighted by Gasteiger charge is -2.18. The summed E-state index contributed by atoms with van der Waals surface area (Å²) >= 11 is 0. The standard InChI is InChI=1S/C39H25NO/c1-2-11-26(12-3-1)29-13-10-14-30(25-29)38-33-17-6-4-15-31(33)37(32-16-5-7-18-34(32)38)27-21-23-28(24-22-27)39-40-35-19-8-9-20-36(35)41-39/h1-25H. The van der Waals surface area contributed by atoms with Gasteiger partial charge in [0.15, 0.2) is 5.58 Å². The van der Waals surface area contributed by atoms with Crippen LogP contribution in [-0.4, -0.2) is 4.98 Å². The van der Waals surface area contributed by atoms with Crippen LogP contribution in [0.4, 0.5) is 0 Å². The van der Waals surface area contributed by atoms with Gasteiger partial charge in [-0.2, -0.15) is 0 Å². The van der Waals surface area contributed by atoms with Crippen molar-refractivity contribution in [2.24, 2.45) is 0 Å². The molecule has 0 amide bonds. The fraction of sp³-hybridized carbons (Fsp3) is 0. The monoisotopic (exact) mass is 523 g/mol. The van der Waals surface area contributed by atoms with Crippen LogP contribution in [0.3, 0.4) is 0 Å². The summed E-state index contributed by atoms with van der Waals surface area (Å²) in [4.78, 5) is 4.69. The number of hydrogen-bond acceptors (Lipinski definition) is 2. The summed E-state index contributed by atoms with van der Waals surface area (Å²) in [7, 11) is 0. The van der Waals surface area contributed by atoms with Crippen LogP contribution in [0.1, 0.15) is 0 Å². The maximum Gasteiger partial charge on any atom is 0.227 e. The molecule has 0 atom stereocenters. The van der Waals surface area contributed by atoms with Crippen molar-refractivity contribution in [3.63, 3.8) is 0 Å². The molecule has 2 heteroatoms. The average molecular weight is 524 g/mol. The highest BCUT2D eigenvalue weighted by atomic mass is 16.3. The molecule has 0 spiro atoms. The zero-order valence-corrected chi connectivity index (χ0v) is 22.3. The summed E-state index contributed by atoms with van der Waals surface area (Å²) in [5, 5.41) is 4.96. The Bertz CT molecular complexity index is 2100. The number of rotatable bonds is 4. The van der Waals surface area contributed by atoms with E-state index in [4.69, 9.17) is 9.40 Å². The second-order valence-electron chi connectivity index (χ2n) is 10.4. The van der Waals surface area contributed by atoms with E-state index in [9.17, 15) is 0 Å². The topological polar surface area (TPSA) is 26.0 Å². The number of hydrogen-bond donors (Lipinski definition) is 0. The van der Waals surface area contributed by atoms with Crippen LogP contribution in [-0.2, 0) is 0 Å². The van der Waals surface area contributed by atoms with E-state index in [1.165, 1.54) is 54.9 Å². The molecule has 0 fully saturated rings. The maximum absolute atomic E-state index is 6.04. The van der Waals surface area contributed by atoms with Crippen LogP contribution in [0.25, 0.3) is 77.5 Å². The fourth-order valence-corrected chi connectivity index (χ4v) is 6.01. The molecule has 8 rings (SSSR count). The van der Waals surface area contributed by atoms with Gasteiger partial charge in [-0.15, -0.1) is 0 Å². The minimum absolute atomic E-state index is 0.640. The summed E-state index contributed by atoms with van der Waals surface area (Å²) in [5.74, 6) is 0.640. The van der Waals surface area contributed by atoms with E-state index in [0.29, 0.717) is 5.89 Å². The molecule has 1 heterocycles. The van der Waals surface area contributed by atoms with Crippen molar-refractivity contribution in [2.45, 2.75) is 0 Å². The third-order valence-corrected chi connectivity index (χ3v) is 7.90. The van der Waals surface area contributed by atoms with Gasteiger partial charge < -0.3 is 4.42 Å². The van der Waals surface area contributed by atoms with Gasteiger partial charge >= 0.3 is 0 Å². The minimum Gasteiger partial charge on any atom is -0.436 e. The first-order valence-corrected chi connectivity index (χ1v) is 13.9. The number of oxazole rings is 1.